The van der Waals surface area contributed by atoms with Crippen molar-refractivity contribution in [1.29, 1.82) is 0 Å². The standard InChI is InChI=1S/C17H16O2/c1-12(13(2)17(18)19)14-8-10-16(11-9-14)15-6-4-3-5-7-15/h3-12H,2H2,1H3,(H,18,19)/t12-/m0/s1. The quantitative estimate of drug-likeness (QED) is 0.832. The molecular weight excluding hydrogens is 236 g/mol. The minimum Gasteiger partial charge on any atom is -0.478 e. The summed E-state index contributed by atoms with van der Waals surface area (Å²) in [5, 5.41) is 8.95. The van der Waals surface area contributed by atoms with Crippen LogP contribution in [0.5, 0.6) is 0 Å². The molecule has 0 fully saturated rings. The normalized spacial score (nSPS) is 11.8. The summed E-state index contributed by atoms with van der Waals surface area (Å²) in [5.41, 5.74) is 3.45. The fourth-order valence-corrected chi connectivity index (χ4v) is 1.98. The van der Waals surface area contributed by atoms with E-state index in [-0.39, 0.29) is 11.5 Å². The highest BCUT2D eigenvalue weighted by molar-refractivity contribution is 5.87. The minimum atomic E-state index is -0.945. The second kappa shape index (κ2) is 5.53. The van der Waals surface area contributed by atoms with Crippen LogP contribution >= 0.6 is 0 Å². The SMILES string of the molecule is C=C(C(=O)O)[C@H](C)c1ccc(-c2ccccc2)cc1. The topological polar surface area (TPSA) is 37.3 Å². The van der Waals surface area contributed by atoms with Crippen LogP contribution in [0.1, 0.15) is 18.4 Å². The van der Waals surface area contributed by atoms with Crippen LogP contribution in [0.3, 0.4) is 0 Å². The van der Waals surface area contributed by atoms with E-state index >= 15 is 0 Å². The molecule has 0 aliphatic heterocycles. The zero-order valence-electron chi connectivity index (χ0n) is 10.8. The number of benzene rings is 2. The Bertz CT molecular complexity index is 582. The number of carboxylic acid groups (broad SMARTS) is 1. The third-order valence-electron chi connectivity index (χ3n) is 3.32. The van der Waals surface area contributed by atoms with Gasteiger partial charge >= 0.3 is 5.97 Å². The van der Waals surface area contributed by atoms with Crippen molar-refractivity contribution < 1.29 is 9.90 Å². The van der Waals surface area contributed by atoms with Gasteiger partial charge in [0, 0.05) is 11.5 Å². The van der Waals surface area contributed by atoms with E-state index in [0.29, 0.717) is 0 Å². The van der Waals surface area contributed by atoms with E-state index in [1.54, 1.807) is 0 Å². The van der Waals surface area contributed by atoms with Gasteiger partial charge in [0.15, 0.2) is 0 Å². The Morgan fingerprint density at radius 1 is 1.00 bits per heavy atom. The Morgan fingerprint density at radius 2 is 1.53 bits per heavy atom. The van der Waals surface area contributed by atoms with E-state index in [9.17, 15) is 4.79 Å². The van der Waals surface area contributed by atoms with E-state index in [0.717, 1.165) is 16.7 Å². The van der Waals surface area contributed by atoms with Crippen molar-refractivity contribution in [3.8, 4) is 11.1 Å². The molecule has 0 saturated heterocycles. The van der Waals surface area contributed by atoms with Crippen LogP contribution in [0.15, 0.2) is 66.7 Å². The number of carboxylic acids is 1. The first kappa shape index (κ1) is 13.1. The van der Waals surface area contributed by atoms with Crippen LogP contribution < -0.4 is 0 Å². The molecule has 0 saturated carbocycles. The van der Waals surface area contributed by atoms with Crippen molar-refractivity contribution in [2.45, 2.75) is 12.8 Å². The molecule has 2 rings (SSSR count). The van der Waals surface area contributed by atoms with Gasteiger partial charge in [0.05, 0.1) is 0 Å². The van der Waals surface area contributed by atoms with E-state index < -0.39 is 5.97 Å². The lowest BCUT2D eigenvalue weighted by molar-refractivity contribution is -0.132. The van der Waals surface area contributed by atoms with Gasteiger partial charge in [-0.3, -0.25) is 0 Å². The first-order chi connectivity index (χ1) is 9.09. The average Bonchev–Trinajstić information content (AvgIpc) is 2.46. The van der Waals surface area contributed by atoms with E-state index in [2.05, 4.69) is 18.7 Å². The minimum absolute atomic E-state index is 0.178. The number of rotatable bonds is 4. The Kier molecular flexibility index (Phi) is 3.81. The van der Waals surface area contributed by atoms with Crippen molar-refractivity contribution in [3.05, 3.63) is 72.3 Å². The molecule has 96 valence electrons. The first-order valence-electron chi connectivity index (χ1n) is 6.17. The van der Waals surface area contributed by atoms with Crippen LogP contribution in [0.4, 0.5) is 0 Å². The van der Waals surface area contributed by atoms with Gasteiger partial charge in [0.2, 0.25) is 0 Å². The molecule has 0 aliphatic rings. The Balaban J connectivity index is 2.24. The Hall–Kier alpha value is -2.35. The second-order valence-electron chi connectivity index (χ2n) is 4.54. The van der Waals surface area contributed by atoms with Crippen LogP contribution in [0.25, 0.3) is 11.1 Å². The average molecular weight is 252 g/mol. The van der Waals surface area contributed by atoms with Crippen molar-refractivity contribution in [3.63, 3.8) is 0 Å². The molecule has 0 bridgehead atoms. The van der Waals surface area contributed by atoms with E-state index in [1.807, 2.05) is 49.4 Å². The summed E-state index contributed by atoms with van der Waals surface area (Å²) < 4.78 is 0. The molecule has 0 spiro atoms. The van der Waals surface area contributed by atoms with Gasteiger partial charge in [-0.15, -0.1) is 0 Å². The predicted molar refractivity (Wildman–Crippen MR) is 77.1 cm³/mol. The molecule has 0 unspecified atom stereocenters. The lowest BCUT2D eigenvalue weighted by Crippen LogP contribution is -2.07. The third-order valence-corrected chi connectivity index (χ3v) is 3.32. The molecule has 0 aromatic heterocycles. The van der Waals surface area contributed by atoms with Gasteiger partial charge in [0.25, 0.3) is 0 Å². The molecule has 2 heteroatoms. The summed E-state index contributed by atoms with van der Waals surface area (Å²) in [6, 6.07) is 18.0. The highest BCUT2D eigenvalue weighted by Gasteiger charge is 2.15. The summed E-state index contributed by atoms with van der Waals surface area (Å²) in [6.45, 7) is 5.47. The van der Waals surface area contributed by atoms with E-state index in [1.165, 1.54) is 0 Å². The van der Waals surface area contributed by atoms with Gasteiger partial charge in [-0.1, -0.05) is 68.1 Å². The maximum Gasteiger partial charge on any atom is 0.331 e. The monoisotopic (exact) mass is 252 g/mol. The molecule has 0 aliphatic carbocycles. The number of carbonyl (C=O) groups is 1. The van der Waals surface area contributed by atoms with Crippen molar-refractivity contribution >= 4 is 5.97 Å². The maximum atomic E-state index is 10.9. The van der Waals surface area contributed by atoms with Gasteiger partial charge < -0.3 is 5.11 Å². The van der Waals surface area contributed by atoms with E-state index in [4.69, 9.17) is 5.11 Å². The number of hydrogen-bond donors (Lipinski definition) is 1. The zero-order valence-corrected chi connectivity index (χ0v) is 10.8. The number of aliphatic carboxylic acids is 1. The Morgan fingerprint density at radius 3 is 2.05 bits per heavy atom. The predicted octanol–water partition coefficient (Wildman–Crippen LogP) is 4.10. The maximum absolute atomic E-state index is 10.9. The fraction of sp³-hybridized carbons (Fsp3) is 0.118. The molecule has 1 N–H and O–H groups in total. The molecule has 2 aromatic carbocycles. The smallest absolute Gasteiger partial charge is 0.331 e. The molecule has 0 heterocycles. The highest BCUT2D eigenvalue weighted by Crippen LogP contribution is 2.26. The fourth-order valence-electron chi connectivity index (χ4n) is 1.98. The third kappa shape index (κ3) is 2.91. The highest BCUT2D eigenvalue weighted by atomic mass is 16.4. The summed E-state index contributed by atoms with van der Waals surface area (Å²) in [7, 11) is 0. The lowest BCUT2D eigenvalue weighted by atomic mass is 9.92. The lowest BCUT2D eigenvalue weighted by Gasteiger charge is -2.12. The van der Waals surface area contributed by atoms with Crippen LogP contribution in [-0.2, 0) is 4.79 Å². The van der Waals surface area contributed by atoms with Crippen molar-refractivity contribution in [1.82, 2.24) is 0 Å². The van der Waals surface area contributed by atoms with Crippen molar-refractivity contribution in [2.24, 2.45) is 0 Å². The summed E-state index contributed by atoms with van der Waals surface area (Å²) in [6.07, 6.45) is 0. The second-order valence-corrected chi connectivity index (χ2v) is 4.54. The van der Waals surface area contributed by atoms with Crippen LogP contribution in [0.2, 0.25) is 0 Å². The Labute approximate surface area is 113 Å². The molecule has 2 aromatic rings. The molecule has 2 nitrogen and oxygen atoms in total. The van der Waals surface area contributed by atoms with Gasteiger partial charge in [-0.25, -0.2) is 4.79 Å². The summed E-state index contributed by atoms with van der Waals surface area (Å²) in [4.78, 5) is 10.9. The summed E-state index contributed by atoms with van der Waals surface area (Å²) in [5.74, 6) is -1.12. The van der Waals surface area contributed by atoms with Gasteiger partial charge in [-0.2, -0.15) is 0 Å². The van der Waals surface area contributed by atoms with Gasteiger partial charge in [0.1, 0.15) is 0 Å². The van der Waals surface area contributed by atoms with Crippen LogP contribution in [-0.4, -0.2) is 11.1 Å². The number of hydrogen-bond acceptors (Lipinski definition) is 1. The first-order valence-corrected chi connectivity index (χ1v) is 6.17. The molecule has 1 atom stereocenters. The molecule has 19 heavy (non-hydrogen) atoms. The molecular formula is C17H16O2. The van der Waals surface area contributed by atoms with Crippen molar-refractivity contribution in [2.75, 3.05) is 0 Å². The molecule has 0 amide bonds. The summed E-state index contributed by atoms with van der Waals surface area (Å²) >= 11 is 0. The van der Waals surface area contributed by atoms with Crippen LogP contribution in [0, 0.1) is 0 Å². The molecule has 0 radical (unpaired) electrons. The zero-order chi connectivity index (χ0) is 13.8. The van der Waals surface area contributed by atoms with Gasteiger partial charge in [-0.05, 0) is 16.7 Å². The largest absolute Gasteiger partial charge is 0.478 e.